The van der Waals surface area contributed by atoms with E-state index in [-0.39, 0.29) is 6.61 Å². The van der Waals surface area contributed by atoms with Gasteiger partial charge < -0.3 is 24.3 Å². The number of benzene rings is 1. The monoisotopic (exact) mass is 238 g/mol. The number of rotatable bonds is 4. The predicted octanol–water partition coefficient (Wildman–Crippen LogP) is 1.08. The number of aromatic amines is 1. The fraction of sp³-hybridized carbons (Fsp3) is 0.364. The first-order valence-corrected chi connectivity index (χ1v) is 5.03. The van der Waals surface area contributed by atoms with E-state index in [4.69, 9.17) is 19.3 Å². The van der Waals surface area contributed by atoms with E-state index in [1.54, 1.807) is 13.2 Å². The van der Waals surface area contributed by atoms with Gasteiger partial charge in [-0.05, 0) is 0 Å². The van der Waals surface area contributed by atoms with Crippen LogP contribution in [0.15, 0.2) is 6.07 Å². The topological polar surface area (TPSA) is 76.6 Å². The van der Waals surface area contributed by atoms with Gasteiger partial charge in [-0.25, -0.2) is 4.98 Å². The van der Waals surface area contributed by atoms with E-state index in [1.165, 1.54) is 14.2 Å². The van der Waals surface area contributed by atoms with E-state index >= 15 is 0 Å². The third-order valence-electron chi connectivity index (χ3n) is 2.48. The van der Waals surface area contributed by atoms with Gasteiger partial charge in [0, 0.05) is 6.07 Å². The molecule has 0 amide bonds. The molecule has 2 aromatic rings. The van der Waals surface area contributed by atoms with Gasteiger partial charge in [-0.15, -0.1) is 0 Å². The molecule has 0 spiro atoms. The third-order valence-corrected chi connectivity index (χ3v) is 2.48. The second-order valence-electron chi connectivity index (χ2n) is 3.38. The molecule has 1 aromatic carbocycles. The van der Waals surface area contributed by atoms with Gasteiger partial charge in [0.2, 0.25) is 5.75 Å². The van der Waals surface area contributed by atoms with Crippen LogP contribution < -0.4 is 14.2 Å². The Balaban J connectivity index is 2.76. The van der Waals surface area contributed by atoms with Crippen molar-refractivity contribution in [3.63, 3.8) is 0 Å². The van der Waals surface area contributed by atoms with Crippen LogP contribution in [0.1, 0.15) is 5.82 Å². The van der Waals surface area contributed by atoms with Crippen molar-refractivity contribution in [3.8, 4) is 17.2 Å². The van der Waals surface area contributed by atoms with Crippen LogP contribution in [0.4, 0.5) is 0 Å². The Morgan fingerprint density at radius 3 is 2.41 bits per heavy atom. The smallest absolute Gasteiger partial charge is 0.205 e. The van der Waals surface area contributed by atoms with Crippen molar-refractivity contribution in [1.82, 2.24) is 9.97 Å². The molecular weight excluding hydrogens is 224 g/mol. The average Bonchev–Trinajstić information content (AvgIpc) is 2.78. The zero-order chi connectivity index (χ0) is 12.4. The molecule has 0 unspecified atom stereocenters. The minimum Gasteiger partial charge on any atom is -0.493 e. The highest BCUT2D eigenvalue weighted by atomic mass is 16.5. The Morgan fingerprint density at radius 2 is 1.88 bits per heavy atom. The van der Waals surface area contributed by atoms with Crippen molar-refractivity contribution >= 4 is 11.0 Å². The predicted molar refractivity (Wildman–Crippen MR) is 61.7 cm³/mol. The van der Waals surface area contributed by atoms with Crippen molar-refractivity contribution in [2.75, 3.05) is 21.3 Å². The fourth-order valence-electron chi connectivity index (χ4n) is 1.74. The van der Waals surface area contributed by atoms with E-state index in [9.17, 15) is 0 Å². The number of ether oxygens (including phenoxy) is 3. The lowest BCUT2D eigenvalue weighted by Gasteiger charge is -2.11. The summed E-state index contributed by atoms with van der Waals surface area (Å²) in [4.78, 5) is 7.19. The highest BCUT2D eigenvalue weighted by Gasteiger charge is 2.18. The largest absolute Gasteiger partial charge is 0.493 e. The molecule has 1 heterocycles. The second-order valence-corrected chi connectivity index (χ2v) is 3.38. The summed E-state index contributed by atoms with van der Waals surface area (Å²) < 4.78 is 15.7. The molecule has 0 bridgehead atoms. The normalized spacial score (nSPS) is 10.6. The lowest BCUT2D eigenvalue weighted by atomic mass is 10.2. The summed E-state index contributed by atoms with van der Waals surface area (Å²) >= 11 is 0. The molecule has 0 atom stereocenters. The molecule has 1 aromatic heterocycles. The number of aliphatic hydroxyl groups is 1. The Labute approximate surface area is 98.1 Å². The van der Waals surface area contributed by atoms with Crippen molar-refractivity contribution in [2.24, 2.45) is 0 Å². The number of nitrogens with one attached hydrogen (secondary N) is 1. The van der Waals surface area contributed by atoms with E-state index < -0.39 is 0 Å². The van der Waals surface area contributed by atoms with Crippen molar-refractivity contribution in [1.29, 1.82) is 0 Å². The molecule has 2 N–H and O–H groups in total. The van der Waals surface area contributed by atoms with Gasteiger partial charge in [-0.3, -0.25) is 0 Å². The standard InChI is InChI=1S/C11H14N2O4/c1-15-7-4-6-9(13-8(5-14)12-6)11(17-3)10(7)16-2/h4,14H,5H2,1-3H3,(H,12,13). The molecule has 0 radical (unpaired) electrons. The van der Waals surface area contributed by atoms with E-state index in [0.717, 1.165) is 5.52 Å². The molecular formula is C11H14N2O4. The minimum absolute atomic E-state index is 0.164. The van der Waals surface area contributed by atoms with Gasteiger partial charge in [0.15, 0.2) is 11.5 Å². The van der Waals surface area contributed by atoms with E-state index in [1.807, 2.05) is 0 Å². The second kappa shape index (κ2) is 4.50. The molecule has 17 heavy (non-hydrogen) atoms. The Bertz CT molecular complexity index is 536. The highest BCUT2D eigenvalue weighted by Crippen LogP contribution is 2.42. The molecule has 0 aliphatic rings. The van der Waals surface area contributed by atoms with E-state index in [0.29, 0.717) is 28.6 Å². The van der Waals surface area contributed by atoms with Crippen LogP contribution in [0.25, 0.3) is 11.0 Å². The van der Waals surface area contributed by atoms with Gasteiger partial charge in [0.05, 0.1) is 26.8 Å². The number of methoxy groups -OCH3 is 3. The van der Waals surface area contributed by atoms with Crippen LogP contribution in [0, 0.1) is 0 Å². The number of H-pyrrole nitrogens is 1. The molecule has 6 nitrogen and oxygen atoms in total. The Kier molecular flexibility index (Phi) is 3.06. The van der Waals surface area contributed by atoms with Crippen molar-refractivity contribution < 1.29 is 19.3 Å². The number of aliphatic hydroxyl groups excluding tert-OH is 1. The lowest BCUT2D eigenvalue weighted by molar-refractivity contribution is 0.273. The quantitative estimate of drug-likeness (QED) is 0.833. The van der Waals surface area contributed by atoms with Gasteiger partial charge in [-0.1, -0.05) is 0 Å². The van der Waals surface area contributed by atoms with Crippen LogP contribution in [0.5, 0.6) is 17.2 Å². The summed E-state index contributed by atoms with van der Waals surface area (Å²) in [5.41, 5.74) is 1.33. The molecule has 6 heteroatoms. The van der Waals surface area contributed by atoms with E-state index in [2.05, 4.69) is 9.97 Å². The first-order valence-electron chi connectivity index (χ1n) is 5.03. The van der Waals surface area contributed by atoms with Crippen LogP contribution >= 0.6 is 0 Å². The maximum Gasteiger partial charge on any atom is 0.205 e. The minimum atomic E-state index is -0.164. The summed E-state index contributed by atoms with van der Waals surface area (Å²) in [6.07, 6.45) is 0. The van der Waals surface area contributed by atoms with Gasteiger partial charge in [0.1, 0.15) is 17.9 Å². The molecule has 92 valence electrons. The number of nitrogens with zero attached hydrogens (tertiary/aromatic N) is 1. The SMILES string of the molecule is COc1cc2[nH]c(CO)nc2c(OC)c1OC. The van der Waals surface area contributed by atoms with Gasteiger partial charge in [-0.2, -0.15) is 0 Å². The lowest BCUT2D eigenvalue weighted by Crippen LogP contribution is -1.95. The molecule has 0 saturated carbocycles. The third kappa shape index (κ3) is 1.76. The molecule has 0 aliphatic heterocycles. The molecule has 0 saturated heterocycles. The first kappa shape index (κ1) is 11.5. The number of hydrogen-bond donors (Lipinski definition) is 2. The van der Waals surface area contributed by atoms with Gasteiger partial charge >= 0.3 is 0 Å². The average molecular weight is 238 g/mol. The summed E-state index contributed by atoms with van der Waals surface area (Å²) in [5.74, 6) is 1.98. The number of fused-ring (bicyclic) bond motifs is 1. The van der Waals surface area contributed by atoms with Crippen LogP contribution in [0.3, 0.4) is 0 Å². The van der Waals surface area contributed by atoms with Crippen molar-refractivity contribution in [3.05, 3.63) is 11.9 Å². The highest BCUT2D eigenvalue weighted by molar-refractivity contribution is 5.87. The Morgan fingerprint density at radius 1 is 1.18 bits per heavy atom. The number of imidazole rings is 1. The maximum atomic E-state index is 9.06. The summed E-state index contributed by atoms with van der Waals surface area (Å²) in [6.45, 7) is -0.164. The zero-order valence-electron chi connectivity index (χ0n) is 9.90. The summed E-state index contributed by atoms with van der Waals surface area (Å²) in [7, 11) is 4.61. The first-order chi connectivity index (χ1) is 8.24. The fourth-order valence-corrected chi connectivity index (χ4v) is 1.74. The van der Waals surface area contributed by atoms with Crippen LogP contribution in [-0.2, 0) is 6.61 Å². The number of hydrogen-bond acceptors (Lipinski definition) is 5. The van der Waals surface area contributed by atoms with Crippen LogP contribution in [0.2, 0.25) is 0 Å². The molecule has 2 rings (SSSR count). The van der Waals surface area contributed by atoms with Crippen LogP contribution in [-0.4, -0.2) is 36.4 Å². The molecule has 0 fully saturated rings. The molecule has 0 aliphatic carbocycles. The van der Waals surface area contributed by atoms with Gasteiger partial charge in [0.25, 0.3) is 0 Å². The zero-order valence-corrected chi connectivity index (χ0v) is 9.90. The maximum absolute atomic E-state index is 9.06. The summed E-state index contributed by atoms with van der Waals surface area (Å²) in [6, 6.07) is 1.75. The van der Waals surface area contributed by atoms with Crippen molar-refractivity contribution in [2.45, 2.75) is 6.61 Å². The summed E-state index contributed by atoms with van der Waals surface area (Å²) in [5, 5.41) is 9.06. The Hall–Kier alpha value is -1.95. The number of aromatic nitrogens is 2.